The predicted molar refractivity (Wildman–Crippen MR) is 117 cm³/mol. The maximum atomic E-state index is 12.4. The summed E-state index contributed by atoms with van der Waals surface area (Å²) in [5.41, 5.74) is 3.81. The van der Waals surface area contributed by atoms with Crippen molar-refractivity contribution < 1.29 is 9.53 Å². The van der Waals surface area contributed by atoms with Crippen LogP contribution in [-0.4, -0.2) is 22.1 Å². The summed E-state index contributed by atoms with van der Waals surface area (Å²) in [7, 11) is 0. The fraction of sp³-hybridized carbons (Fsp3) is 0.280. The van der Waals surface area contributed by atoms with Gasteiger partial charge in [-0.05, 0) is 30.5 Å². The highest BCUT2D eigenvalue weighted by atomic mass is 16.5. The zero-order valence-corrected chi connectivity index (χ0v) is 17.0. The highest BCUT2D eigenvalue weighted by molar-refractivity contribution is 6.09. The van der Waals surface area contributed by atoms with Gasteiger partial charge < -0.3 is 9.30 Å². The highest BCUT2D eigenvalue weighted by Gasteiger charge is 2.20. The van der Waals surface area contributed by atoms with Crippen LogP contribution in [0.1, 0.15) is 55.2 Å². The molecule has 2 heterocycles. The number of unbranched alkanes of at least 4 members (excludes halogenated alkanes) is 1. The molecule has 0 spiro atoms. The molecular formula is C25H26N2O2. The minimum absolute atomic E-state index is 0.197. The molecule has 29 heavy (non-hydrogen) atoms. The molecule has 148 valence electrons. The molecule has 2 aromatic heterocycles. The standard InChI is InChI=1S/C25H26N2O2/c1-3-5-15-29-25(28)21-16-20-19-13-9-10-14-23(19)27(24(20)17-26-21)22(4-2)18-11-7-6-8-12-18/h6-14,16-17,22H,3-5,15H2,1-2H3. The molecule has 4 aromatic rings. The Labute approximate surface area is 171 Å². The van der Waals surface area contributed by atoms with Crippen molar-refractivity contribution in [1.29, 1.82) is 0 Å². The largest absolute Gasteiger partial charge is 0.461 e. The first-order valence-electron chi connectivity index (χ1n) is 10.3. The Bertz CT molecular complexity index is 1130. The molecule has 2 aromatic carbocycles. The number of ether oxygens (including phenoxy) is 1. The number of benzene rings is 2. The molecule has 0 aliphatic carbocycles. The minimum Gasteiger partial charge on any atom is -0.461 e. The second-order valence-corrected chi connectivity index (χ2v) is 7.30. The van der Waals surface area contributed by atoms with Gasteiger partial charge in [0.25, 0.3) is 0 Å². The van der Waals surface area contributed by atoms with Crippen LogP contribution >= 0.6 is 0 Å². The van der Waals surface area contributed by atoms with Gasteiger partial charge in [-0.15, -0.1) is 0 Å². The molecule has 4 nitrogen and oxygen atoms in total. The molecule has 4 heteroatoms. The first-order chi connectivity index (χ1) is 14.2. The van der Waals surface area contributed by atoms with Crippen LogP contribution in [-0.2, 0) is 4.74 Å². The molecule has 0 N–H and O–H groups in total. The Balaban J connectivity index is 1.85. The van der Waals surface area contributed by atoms with Gasteiger partial charge in [0.1, 0.15) is 5.69 Å². The monoisotopic (exact) mass is 386 g/mol. The third-order valence-corrected chi connectivity index (χ3v) is 5.42. The highest BCUT2D eigenvalue weighted by Crippen LogP contribution is 2.35. The van der Waals surface area contributed by atoms with Gasteiger partial charge in [-0.3, -0.25) is 0 Å². The lowest BCUT2D eigenvalue weighted by Crippen LogP contribution is -2.11. The van der Waals surface area contributed by atoms with E-state index in [4.69, 9.17) is 4.74 Å². The summed E-state index contributed by atoms with van der Waals surface area (Å²) < 4.78 is 7.71. The third kappa shape index (κ3) is 3.63. The van der Waals surface area contributed by atoms with Crippen molar-refractivity contribution >= 4 is 27.8 Å². The lowest BCUT2D eigenvalue weighted by Gasteiger charge is -2.20. The topological polar surface area (TPSA) is 44.1 Å². The SMILES string of the molecule is CCCCOC(=O)c1cc2c3ccccc3n(C(CC)c3ccccc3)c2cn1. The number of esters is 1. The van der Waals surface area contributed by atoms with Gasteiger partial charge in [-0.25, -0.2) is 9.78 Å². The Hall–Kier alpha value is -3.14. The minimum atomic E-state index is -0.354. The zero-order valence-electron chi connectivity index (χ0n) is 17.0. The number of nitrogens with zero attached hydrogens (tertiary/aromatic N) is 2. The van der Waals surface area contributed by atoms with E-state index >= 15 is 0 Å². The number of rotatable bonds is 7. The summed E-state index contributed by atoms with van der Waals surface area (Å²) in [6, 6.07) is 20.9. The molecule has 1 unspecified atom stereocenters. The van der Waals surface area contributed by atoms with Crippen molar-refractivity contribution in [2.24, 2.45) is 0 Å². The second-order valence-electron chi connectivity index (χ2n) is 7.30. The van der Waals surface area contributed by atoms with E-state index in [0.717, 1.165) is 41.1 Å². The van der Waals surface area contributed by atoms with Crippen molar-refractivity contribution in [2.75, 3.05) is 6.61 Å². The fourth-order valence-electron chi connectivity index (χ4n) is 3.97. The number of carbonyl (C=O) groups is 1. The number of hydrogen-bond acceptors (Lipinski definition) is 3. The zero-order chi connectivity index (χ0) is 20.2. The van der Waals surface area contributed by atoms with E-state index in [-0.39, 0.29) is 12.0 Å². The van der Waals surface area contributed by atoms with Crippen LogP contribution < -0.4 is 0 Å². The van der Waals surface area contributed by atoms with E-state index in [9.17, 15) is 4.79 Å². The number of carbonyl (C=O) groups excluding carboxylic acids is 1. The molecular weight excluding hydrogens is 360 g/mol. The number of para-hydroxylation sites is 1. The molecule has 0 saturated heterocycles. The molecule has 0 aliphatic heterocycles. The maximum absolute atomic E-state index is 12.4. The lowest BCUT2D eigenvalue weighted by atomic mass is 10.0. The van der Waals surface area contributed by atoms with E-state index in [1.54, 1.807) is 0 Å². The summed E-state index contributed by atoms with van der Waals surface area (Å²) in [4.78, 5) is 16.9. The van der Waals surface area contributed by atoms with Crippen molar-refractivity contribution in [3.05, 3.63) is 78.1 Å². The molecule has 1 atom stereocenters. The molecule has 0 saturated carbocycles. The number of pyridine rings is 1. The van der Waals surface area contributed by atoms with Crippen LogP contribution in [0.2, 0.25) is 0 Å². The Kier molecular flexibility index (Phi) is 5.61. The molecule has 0 aliphatic rings. The molecule has 0 radical (unpaired) electrons. The van der Waals surface area contributed by atoms with E-state index in [0.29, 0.717) is 12.3 Å². The normalized spacial score (nSPS) is 12.3. The maximum Gasteiger partial charge on any atom is 0.356 e. The number of hydrogen-bond donors (Lipinski definition) is 0. The van der Waals surface area contributed by atoms with Gasteiger partial charge in [-0.2, -0.15) is 0 Å². The van der Waals surface area contributed by atoms with E-state index < -0.39 is 0 Å². The van der Waals surface area contributed by atoms with Crippen molar-refractivity contribution in [2.45, 2.75) is 39.2 Å². The average molecular weight is 386 g/mol. The Morgan fingerprint density at radius 3 is 2.52 bits per heavy atom. The lowest BCUT2D eigenvalue weighted by molar-refractivity contribution is 0.0493. The molecule has 4 rings (SSSR count). The fourth-order valence-corrected chi connectivity index (χ4v) is 3.97. The summed E-state index contributed by atoms with van der Waals surface area (Å²) in [6.45, 7) is 4.71. The van der Waals surface area contributed by atoms with Crippen molar-refractivity contribution in [1.82, 2.24) is 9.55 Å². The number of fused-ring (bicyclic) bond motifs is 3. The molecule has 0 bridgehead atoms. The summed E-state index contributed by atoms with van der Waals surface area (Å²) in [5.74, 6) is -0.354. The summed E-state index contributed by atoms with van der Waals surface area (Å²) in [6.07, 6.45) is 4.63. The van der Waals surface area contributed by atoms with Crippen LogP contribution in [0, 0.1) is 0 Å². The van der Waals surface area contributed by atoms with Gasteiger partial charge in [0.15, 0.2) is 0 Å². The third-order valence-electron chi connectivity index (χ3n) is 5.42. The second kappa shape index (κ2) is 8.48. The van der Waals surface area contributed by atoms with Gasteiger partial charge in [-0.1, -0.05) is 68.8 Å². The van der Waals surface area contributed by atoms with E-state index in [1.807, 2.05) is 24.4 Å². The first-order valence-corrected chi connectivity index (χ1v) is 10.3. The summed E-state index contributed by atoms with van der Waals surface area (Å²) in [5, 5.41) is 2.16. The molecule has 0 fully saturated rings. The predicted octanol–water partition coefficient (Wildman–Crippen LogP) is 6.15. The first kappa shape index (κ1) is 19.2. The molecule has 0 amide bonds. The van der Waals surface area contributed by atoms with Gasteiger partial charge >= 0.3 is 5.97 Å². The van der Waals surface area contributed by atoms with Crippen molar-refractivity contribution in [3.63, 3.8) is 0 Å². The smallest absolute Gasteiger partial charge is 0.356 e. The van der Waals surface area contributed by atoms with Gasteiger partial charge in [0.05, 0.1) is 24.4 Å². The Morgan fingerprint density at radius 2 is 1.76 bits per heavy atom. The number of aromatic nitrogens is 2. The van der Waals surface area contributed by atoms with Crippen LogP contribution in [0.15, 0.2) is 66.9 Å². The summed E-state index contributed by atoms with van der Waals surface area (Å²) >= 11 is 0. The van der Waals surface area contributed by atoms with E-state index in [1.165, 1.54) is 5.56 Å². The Morgan fingerprint density at radius 1 is 1.00 bits per heavy atom. The van der Waals surface area contributed by atoms with Crippen molar-refractivity contribution in [3.8, 4) is 0 Å². The van der Waals surface area contributed by atoms with Crippen LogP contribution in [0.25, 0.3) is 21.8 Å². The van der Waals surface area contributed by atoms with Gasteiger partial charge in [0.2, 0.25) is 0 Å². The van der Waals surface area contributed by atoms with Gasteiger partial charge in [0, 0.05) is 16.3 Å². The quantitative estimate of drug-likeness (QED) is 0.283. The van der Waals surface area contributed by atoms with Crippen LogP contribution in [0.4, 0.5) is 0 Å². The van der Waals surface area contributed by atoms with Crippen LogP contribution in [0.3, 0.4) is 0 Å². The van der Waals surface area contributed by atoms with Crippen LogP contribution in [0.5, 0.6) is 0 Å². The van der Waals surface area contributed by atoms with E-state index in [2.05, 4.69) is 65.9 Å². The average Bonchev–Trinajstić information content (AvgIpc) is 3.09.